The third-order valence-electron chi connectivity index (χ3n) is 5.59. The van der Waals surface area contributed by atoms with Crippen LogP contribution in [-0.4, -0.2) is 40.8 Å². The number of rotatable bonds is 7. The zero-order valence-corrected chi connectivity index (χ0v) is 15.8. The lowest BCUT2D eigenvalue weighted by Crippen LogP contribution is -2.26. The maximum Gasteiger partial charge on any atom is 0.364 e. The fourth-order valence-corrected chi connectivity index (χ4v) is 4.23. The van der Waals surface area contributed by atoms with E-state index in [1.165, 1.54) is 19.3 Å². The number of esters is 1. The fraction of sp³-hybridized carbons (Fsp3) is 0.550. The number of benzene rings is 1. The van der Waals surface area contributed by atoms with Crippen molar-refractivity contribution < 1.29 is 19.0 Å². The normalized spacial score (nSPS) is 23.4. The van der Waals surface area contributed by atoms with E-state index in [9.17, 15) is 4.79 Å². The summed E-state index contributed by atoms with van der Waals surface area (Å²) < 4.78 is 18.3. The summed E-state index contributed by atoms with van der Waals surface area (Å²) >= 11 is 0. The van der Waals surface area contributed by atoms with Crippen LogP contribution in [0.2, 0.25) is 0 Å². The van der Waals surface area contributed by atoms with E-state index in [1.807, 2.05) is 24.3 Å². The average Bonchev–Trinajstić information content (AvgIpc) is 3.39. The molecule has 3 unspecified atom stereocenters. The van der Waals surface area contributed by atoms with Gasteiger partial charge in [-0.3, -0.25) is 0 Å². The number of nitrogens with zero attached hydrogens (tertiary/aromatic N) is 3. The van der Waals surface area contributed by atoms with Crippen LogP contribution in [0.25, 0.3) is 0 Å². The highest BCUT2D eigenvalue weighted by molar-refractivity contribution is 5.89. The minimum atomic E-state index is -0.489. The van der Waals surface area contributed by atoms with Crippen molar-refractivity contribution in [3.63, 3.8) is 0 Å². The highest BCUT2D eigenvalue weighted by Crippen LogP contribution is 2.46. The van der Waals surface area contributed by atoms with Gasteiger partial charge in [-0.25, -0.2) is 9.48 Å². The summed E-state index contributed by atoms with van der Waals surface area (Å²) in [4.78, 5) is 12.3. The lowest BCUT2D eigenvalue weighted by atomic mass is 9.98. The lowest BCUT2D eigenvalue weighted by Gasteiger charge is -2.23. The van der Waals surface area contributed by atoms with Crippen LogP contribution in [0.3, 0.4) is 0 Å². The van der Waals surface area contributed by atoms with Crippen molar-refractivity contribution in [3.05, 3.63) is 35.5 Å². The first kappa shape index (κ1) is 17.8. The van der Waals surface area contributed by atoms with Crippen LogP contribution in [0.5, 0.6) is 11.6 Å². The number of hydrogen-bond acceptors (Lipinski definition) is 6. The first-order chi connectivity index (χ1) is 13.2. The van der Waals surface area contributed by atoms with Crippen LogP contribution in [0.1, 0.15) is 48.7 Å². The Hall–Kier alpha value is -2.57. The van der Waals surface area contributed by atoms with Crippen LogP contribution in [0.15, 0.2) is 24.3 Å². The molecule has 4 rings (SSSR count). The fourth-order valence-electron chi connectivity index (χ4n) is 4.23. The van der Waals surface area contributed by atoms with Gasteiger partial charge in [0.25, 0.3) is 0 Å². The second-order valence-corrected chi connectivity index (χ2v) is 7.30. The Morgan fingerprint density at radius 1 is 1.22 bits per heavy atom. The van der Waals surface area contributed by atoms with Crippen molar-refractivity contribution >= 4 is 5.97 Å². The first-order valence-electron chi connectivity index (χ1n) is 9.58. The largest absolute Gasteiger partial charge is 0.497 e. The first-order valence-corrected chi connectivity index (χ1v) is 9.58. The molecule has 2 aliphatic carbocycles. The molecule has 0 aliphatic heterocycles. The van der Waals surface area contributed by atoms with Crippen molar-refractivity contribution in [1.29, 1.82) is 0 Å². The minimum Gasteiger partial charge on any atom is -0.497 e. The second kappa shape index (κ2) is 7.58. The standard InChI is InChI=1S/C20H25N3O4/c1-3-26-20(24)18-19(27-17-11-14-4-7-15(17)10-14)23(22-21-18)12-13-5-8-16(25-2)9-6-13/h5-6,8-9,14-15,17H,3-4,7,10-12H2,1-2H3. The Balaban J connectivity index is 1.58. The highest BCUT2D eigenvalue weighted by Gasteiger charge is 2.42. The van der Waals surface area contributed by atoms with Gasteiger partial charge in [0.1, 0.15) is 11.9 Å². The van der Waals surface area contributed by atoms with Crippen molar-refractivity contribution in [2.45, 2.75) is 45.3 Å². The molecule has 2 saturated carbocycles. The van der Waals surface area contributed by atoms with E-state index in [0.29, 0.717) is 18.3 Å². The number of hydrogen-bond donors (Lipinski definition) is 0. The number of carbonyl (C=O) groups excluding carboxylic acids is 1. The van der Waals surface area contributed by atoms with E-state index in [4.69, 9.17) is 14.2 Å². The summed E-state index contributed by atoms with van der Waals surface area (Å²) in [6.07, 6.45) is 4.88. The van der Waals surface area contributed by atoms with Gasteiger partial charge in [0.05, 0.1) is 20.3 Å². The van der Waals surface area contributed by atoms with Crippen molar-refractivity contribution in [1.82, 2.24) is 15.0 Å². The molecule has 7 nitrogen and oxygen atoms in total. The average molecular weight is 371 g/mol. The minimum absolute atomic E-state index is 0.130. The summed E-state index contributed by atoms with van der Waals surface area (Å²) in [6, 6.07) is 7.72. The highest BCUT2D eigenvalue weighted by atomic mass is 16.5. The topological polar surface area (TPSA) is 75.5 Å². The molecular weight excluding hydrogens is 346 g/mol. The molecule has 2 aliphatic rings. The molecular formula is C20H25N3O4. The summed E-state index contributed by atoms with van der Waals surface area (Å²) in [5.41, 5.74) is 1.18. The van der Waals surface area contributed by atoms with E-state index in [2.05, 4.69) is 10.3 Å². The van der Waals surface area contributed by atoms with Crippen molar-refractivity contribution in [2.75, 3.05) is 13.7 Å². The van der Waals surface area contributed by atoms with Gasteiger partial charge in [0.15, 0.2) is 0 Å². The van der Waals surface area contributed by atoms with Crippen molar-refractivity contribution in [3.8, 4) is 11.6 Å². The van der Waals surface area contributed by atoms with Gasteiger partial charge in [-0.2, -0.15) is 0 Å². The molecule has 2 fully saturated rings. The SMILES string of the molecule is CCOC(=O)c1nnn(Cc2ccc(OC)cc2)c1OC1CC2CCC1C2. The summed E-state index contributed by atoms with van der Waals surface area (Å²) in [5, 5.41) is 8.23. The second-order valence-electron chi connectivity index (χ2n) is 7.30. The molecule has 1 heterocycles. The number of carbonyl (C=O) groups is 1. The van der Waals surface area contributed by atoms with Gasteiger partial charge in [0.2, 0.25) is 11.6 Å². The Morgan fingerprint density at radius 2 is 2.04 bits per heavy atom. The molecule has 0 spiro atoms. The molecule has 2 aromatic rings. The molecule has 3 atom stereocenters. The lowest BCUT2D eigenvalue weighted by molar-refractivity contribution is 0.0505. The summed E-state index contributed by atoms with van der Waals surface area (Å²) in [7, 11) is 1.64. The Morgan fingerprint density at radius 3 is 2.67 bits per heavy atom. The third-order valence-corrected chi connectivity index (χ3v) is 5.59. The molecule has 0 saturated heterocycles. The van der Waals surface area contributed by atoms with E-state index >= 15 is 0 Å². The predicted octanol–water partition coefficient (Wildman–Crippen LogP) is 3.08. The molecule has 27 heavy (non-hydrogen) atoms. The molecule has 1 aromatic carbocycles. The molecule has 7 heteroatoms. The van der Waals surface area contributed by atoms with Gasteiger partial charge in [-0.1, -0.05) is 17.3 Å². The number of methoxy groups -OCH3 is 1. The molecule has 0 amide bonds. The van der Waals surface area contributed by atoms with Gasteiger partial charge in [-0.05, 0) is 62.1 Å². The zero-order chi connectivity index (χ0) is 18.8. The van der Waals surface area contributed by atoms with Gasteiger partial charge in [0, 0.05) is 0 Å². The van der Waals surface area contributed by atoms with E-state index in [0.717, 1.165) is 23.7 Å². The molecule has 1 aromatic heterocycles. The van der Waals surface area contributed by atoms with Crippen LogP contribution < -0.4 is 9.47 Å². The Bertz CT molecular complexity index is 802. The van der Waals surface area contributed by atoms with E-state index in [1.54, 1.807) is 18.7 Å². The number of ether oxygens (including phenoxy) is 3. The number of fused-ring (bicyclic) bond motifs is 2. The van der Waals surface area contributed by atoms with Crippen LogP contribution in [-0.2, 0) is 11.3 Å². The molecule has 0 radical (unpaired) electrons. The van der Waals surface area contributed by atoms with Crippen LogP contribution in [0, 0.1) is 11.8 Å². The third kappa shape index (κ3) is 3.63. The summed E-state index contributed by atoms with van der Waals surface area (Å²) in [6.45, 7) is 2.53. The maximum absolute atomic E-state index is 12.3. The van der Waals surface area contributed by atoms with E-state index in [-0.39, 0.29) is 18.4 Å². The maximum atomic E-state index is 12.3. The van der Waals surface area contributed by atoms with Gasteiger partial charge >= 0.3 is 5.97 Å². The monoisotopic (exact) mass is 371 g/mol. The molecule has 144 valence electrons. The predicted molar refractivity (Wildman–Crippen MR) is 97.9 cm³/mol. The van der Waals surface area contributed by atoms with E-state index < -0.39 is 5.97 Å². The summed E-state index contributed by atoms with van der Waals surface area (Å²) in [5.74, 6) is 2.04. The van der Waals surface area contributed by atoms with Gasteiger partial charge in [-0.15, -0.1) is 5.10 Å². The smallest absolute Gasteiger partial charge is 0.364 e. The molecule has 0 N–H and O–H groups in total. The van der Waals surface area contributed by atoms with Crippen LogP contribution >= 0.6 is 0 Å². The number of aromatic nitrogens is 3. The zero-order valence-electron chi connectivity index (χ0n) is 15.8. The Labute approximate surface area is 158 Å². The molecule has 2 bridgehead atoms. The van der Waals surface area contributed by atoms with Gasteiger partial charge < -0.3 is 14.2 Å². The Kier molecular flexibility index (Phi) is 5.01. The van der Waals surface area contributed by atoms with Crippen molar-refractivity contribution in [2.24, 2.45) is 11.8 Å². The quantitative estimate of drug-likeness (QED) is 0.696. The van der Waals surface area contributed by atoms with Crippen LogP contribution in [0.4, 0.5) is 0 Å².